The van der Waals surface area contributed by atoms with Gasteiger partial charge >= 0.3 is 0 Å². The normalized spacial score (nSPS) is 12.5. The van der Waals surface area contributed by atoms with Crippen LogP contribution in [0.2, 0.25) is 5.02 Å². The highest BCUT2D eigenvalue weighted by atomic mass is 79.9. The van der Waals surface area contributed by atoms with E-state index in [4.69, 9.17) is 11.6 Å². The van der Waals surface area contributed by atoms with Gasteiger partial charge in [-0.25, -0.2) is 17.6 Å². The van der Waals surface area contributed by atoms with Crippen molar-refractivity contribution in [3.63, 3.8) is 0 Å². The van der Waals surface area contributed by atoms with Gasteiger partial charge in [0.2, 0.25) is 0 Å². The highest BCUT2D eigenvalue weighted by molar-refractivity contribution is 9.09. The molecule has 0 aromatic heterocycles. The average molecular weight is 354 g/mol. The highest BCUT2D eigenvalue weighted by Crippen LogP contribution is 2.37. The second-order valence-electron chi connectivity index (χ2n) is 3.79. The van der Waals surface area contributed by atoms with Crippen molar-refractivity contribution in [1.82, 2.24) is 0 Å². The van der Waals surface area contributed by atoms with E-state index in [1.807, 2.05) is 0 Å². The molecular weight excluding hydrogens is 347 g/mol. The Morgan fingerprint density at radius 1 is 0.842 bits per heavy atom. The van der Waals surface area contributed by atoms with Gasteiger partial charge in [0.1, 0.15) is 11.6 Å². The van der Waals surface area contributed by atoms with Crippen LogP contribution in [0.15, 0.2) is 30.3 Å². The molecule has 0 N–H and O–H groups in total. The van der Waals surface area contributed by atoms with Crippen LogP contribution in [0.5, 0.6) is 0 Å². The van der Waals surface area contributed by atoms with Gasteiger partial charge in [0.25, 0.3) is 0 Å². The third-order valence-electron chi connectivity index (χ3n) is 2.57. The van der Waals surface area contributed by atoms with Crippen molar-refractivity contribution in [2.75, 3.05) is 0 Å². The Hall–Kier alpha value is -1.07. The minimum absolute atomic E-state index is 0.161. The fourth-order valence-corrected chi connectivity index (χ4v) is 2.72. The van der Waals surface area contributed by atoms with Crippen LogP contribution in [-0.4, -0.2) is 0 Å². The van der Waals surface area contributed by atoms with E-state index >= 15 is 0 Å². The molecule has 0 spiro atoms. The molecule has 2 aromatic carbocycles. The maximum absolute atomic E-state index is 13.6. The lowest BCUT2D eigenvalue weighted by Gasteiger charge is -2.14. The van der Waals surface area contributed by atoms with Crippen molar-refractivity contribution in [1.29, 1.82) is 0 Å². The van der Waals surface area contributed by atoms with Crippen molar-refractivity contribution >= 4 is 27.5 Å². The second-order valence-corrected chi connectivity index (χ2v) is 5.09. The Labute approximate surface area is 120 Å². The van der Waals surface area contributed by atoms with Crippen molar-refractivity contribution in [3.8, 4) is 0 Å². The molecule has 0 bridgehead atoms. The average Bonchev–Trinajstić information content (AvgIpc) is 2.36. The molecule has 0 aliphatic carbocycles. The summed E-state index contributed by atoms with van der Waals surface area (Å²) in [5.74, 6) is -4.09. The molecule has 0 saturated heterocycles. The SMILES string of the molecule is Fc1cc(F)c(C(Br)c2cccc(F)c2Cl)cc1F. The third-order valence-corrected chi connectivity index (χ3v) is 3.95. The molecule has 19 heavy (non-hydrogen) atoms. The van der Waals surface area contributed by atoms with Gasteiger partial charge in [-0.3, -0.25) is 0 Å². The van der Waals surface area contributed by atoms with Crippen LogP contribution in [0.3, 0.4) is 0 Å². The Balaban J connectivity index is 2.53. The molecule has 0 aliphatic heterocycles. The Kier molecular flexibility index (Phi) is 4.16. The topological polar surface area (TPSA) is 0 Å². The standard InChI is InChI=1S/C13H6BrClF4/c14-12(6-2-1-3-8(16)13(6)15)7-4-10(18)11(19)5-9(7)17/h1-5,12H. The maximum atomic E-state index is 13.6. The Morgan fingerprint density at radius 3 is 2.16 bits per heavy atom. The summed E-state index contributed by atoms with van der Waals surface area (Å²) in [7, 11) is 0. The fourth-order valence-electron chi connectivity index (χ4n) is 1.62. The number of hydrogen-bond acceptors (Lipinski definition) is 0. The highest BCUT2D eigenvalue weighted by Gasteiger charge is 2.21. The smallest absolute Gasteiger partial charge is 0.161 e. The molecule has 1 unspecified atom stereocenters. The van der Waals surface area contributed by atoms with Gasteiger partial charge < -0.3 is 0 Å². The molecule has 2 rings (SSSR count). The van der Waals surface area contributed by atoms with Crippen LogP contribution in [-0.2, 0) is 0 Å². The summed E-state index contributed by atoms with van der Waals surface area (Å²) in [6, 6.07) is 5.15. The van der Waals surface area contributed by atoms with Crippen LogP contribution in [0.25, 0.3) is 0 Å². The first-order valence-electron chi connectivity index (χ1n) is 5.14. The van der Waals surface area contributed by atoms with E-state index in [-0.39, 0.29) is 16.1 Å². The first kappa shape index (κ1) is 14.3. The summed E-state index contributed by atoms with van der Waals surface area (Å²) >= 11 is 8.87. The van der Waals surface area contributed by atoms with Crippen LogP contribution in [0.1, 0.15) is 16.0 Å². The molecule has 0 radical (unpaired) electrons. The van der Waals surface area contributed by atoms with E-state index in [2.05, 4.69) is 15.9 Å². The molecule has 2 aromatic rings. The molecule has 0 aliphatic rings. The number of alkyl halides is 1. The van der Waals surface area contributed by atoms with Crippen molar-refractivity contribution in [2.45, 2.75) is 4.83 Å². The zero-order chi connectivity index (χ0) is 14.2. The van der Waals surface area contributed by atoms with Crippen LogP contribution < -0.4 is 0 Å². The van der Waals surface area contributed by atoms with Crippen LogP contribution in [0.4, 0.5) is 17.6 Å². The monoisotopic (exact) mass is 352 g/mol. The first-order valence-corrected chi connectivity index (χ1v) is 6.43. The first-order chi connectivity index (χ1) is 8.91. The van der Waals surface area contributed by atoms with Gasteiger partial charge in [0.15, 0.2) is 11.6 Å². The second kappa shape index (κ2) is 5.51. The van der Waals surface area contributed by atoms with E-state index in [1.165, 1.54) is 12.1 Å². The molecule has 6 heteroatoms. The molecule has 0 fully saturated rings. The summed E-state index contributed by atoms with van der Waals surface area (Å²) < 4.78 is 52.9. The summed E-state index contributed by atoms with van der Waals surface area (Å²) in [5, 5.41) is -0.200. The fraction of sp³-hybridized carbons (Fsp3) is 0.0769. The lowest BCUT2D eigenvalue weighted by Crippen LogP contribution is -2.01. The minimum Gasteiger partial charge on any atom is -0.207 e. The van der Waals surface area contributed by atoms with Gasteiger partial charge in [-0.2, -0.15) is 0 Å². The summed E-state index contributed by atoms with van der Waals surface area (Å²) in [6.07, 6.45) is 0. The minimum atomic E-state index is -1.29. The summed E-state index contributed by atoms with van der Waals surface area (Å²) in [4.78, 5) is -0.884. The van der Waals surface area contributed by atoms with Gasteiger partial charge in [-0.1, -0.05) is 39.7 Å². The van der Waals surface area contributed by atoms with Crippen molar-refractivity contribution < 1.29 is 17.6 Å². The van der Waals surface area contributed by atoms with Crippen molar-refractivity contribution in [2.24, 2.45) is 0 Å². The van der Waals surface area contributed by atoms with Gasteiger partial charge in [-0.05, 0) is 17.7 Å². The lowest BCUT2D eigenvalue weighted by atomic mass is 10.0. The zero-order valence-electron chi connectivity index (χ0n) is 9.23. The number of benzene rings is 2. The van der Waals surface area contributed by atoms with Crippen LogP contribution in [0, 0.1) is 23.3 Å². The number of rotatable bonds is 2. The number of halogens is 6. The summed E-state index contributed by atoms with van der Waals surface area (Å²) in [5.41, 5.74) is 0.0676. The van der Waals surface area contributed by atoms with E-state index in [1.54, 1.807) is 0 Å². The van der Waals surface area contributed by atoms with E-state index < -0.39 is 28.1 Å². The lowest BCUT2D eigenvalue weighted by molar-refractivity contribution is 0.491. The van der Waals surface area contributed by atoms with E-state index in [0.29, 0.717) is 12.1 Å². The van der Waals surface area contributed by atoms with Crippen molar-refractivity contribution in [3.05, 3.63) is 69.8 Å². The van der Waals surface area contributed by atoms with Crippen LogP contribution >= 0.6 is 27.5 Å². The van der Waals surface area contributed by atoms with Gasteiger partial charge in [-0.15, -0.1) is 0 Å². The molecular formula is C13H6BrClF4. The van der Waals surface area contributed by atoms with E-state index in [9.17, 15) is 17.6 Å². The molecule has 0 heterocycles. The van der Waals surface area contributed by atoms with Gasteiger partial charge in [0, 0.05) is 11.6 Å². The molecule has 0 nitrogen and oxygen atoms in total. The number of hydrogen-bond donors (Lipinski definition) is 0. The third kappa shape index (κ3) is 2.77. The Bertz CT molecular complexity index is 630. The quantitative estimate of drug-likeness (QED) is 0.386. The Morgan fingerprint density at radius 2 is 1.47 bits per heavy atom. The predicted octanol–water partition coefficient (Wildman–Crippen LogP) is 5.38. The molecule has 0 saturated carbocycles. The van der Waals surface area contributed by atoms with E-state index in [0.717, 1.165) is 6.07 Å². The maximum Gasteiger partial charge on any atom is 0.161 e. The predicted molar refractivity (Wildman–Crippen MR) is 68.5 cm³/mol. The van der Waals surface area contributed by atoms with Gasteiger partial charge in [0.05, 0.1) is 9.85 Å². The summed E-state index contributed by atoms with van der Waals surface area (Å²) in [6.45, 7) is 0. The molecule has 100 valence electrons. The zero-order valence-corrected chi connectivity index (χ0v) is 11.6. The molecule has 1 atom stereocenters. The largest absolute Gasteiger partial charge is 0.207 e. The molecule has 0 amide bonds.